The number of hydrogen-bond acceptors (Lipinski definition) is 5. The molecule has 7 heteroatoms. The summed E-state index contributed by atoms with van der Waals surface area (Å²) in [6.45, 7) is 8.21. The minimum Gasteiger partial charge on any atom is -0.444 e. The molecule has 5 atom stereocenters. The van der Waals surface area contributed by atoms with Crippen LogP contribution in [-0.4, -0.2) is 51.9 Å². The van der Waals surface area contributed by atoms with Crippen LogP contribution in [0, 0.1) is 27.9 Å². The third-order valence-electron chi connectivity index (χ3n) is 4.39. The number of carbonyl (C=O) groups is 1. The second-order valence-electron chi connectivity index (χ2n) is 7.04. The van der Waals surface area contributed by atoms with Crippen LogP contribution < -0.4 is 0 Å². The van der Waals surface area contributed by atoms with Crippen LogP contribution in [0.2, 0.25) is 0 Å². The van der Waals surface area contributed by atoms with Crippen molar-refractivity contribution in [2.75, 3.05) is 13.1 Å². The first kappa shape index (κ1) is 16.0. The number of aliphatic hydroxyl groups is 1. The number of aliphatic hydroxyl groups excluding tert-OH is 1. The number of likely N-dealkylation sites (tertiary alicyclic amines) is 1. The van der Waals surface area contributed by atoms with Crippen molar-refractivity contribution in [2.45, 2.75) is 51.9 Å². The molecule has 2 fully saturated rings. The molecule has 7 nitrogen and oxygen atoms in total. The molecule has 1 N–H and O–H groups in total. The molecule has 1 amide bonds. The highest BCUT2D eigenvalue weighted by Crippen LogP contribution is 2.54. The van der Waals surface area contributed by atoms with Gasteiger partial charge in [-0.05, 0) is 32.6 Å². The first-order valence-electron chi connectivity index (χ1n) is 7.45. The summed E-state index contributed by atoms with van der Waals surface area (Å²) in [5.74, 6) is 0.280. The molecule has 1 heterocycles. The van der Waals surface area contributed by atoms with Gasteiger partial charge in [-0.1, -0.05) is 6.92 Å². The maximum absolute atomic E-state index is 11.9. The summed E-state index contributed by atoms with van der Waals surface area (Å²) in [6.07, 6.45) is -0.940. The Morgan fingerprint density at radius 3 is 2.33 bits per heavy atom. The van der Waals surface area contributed by atoms with Crippen LogP contribution in [0.25, 0.3) is 0 Å². The predicted molar refractivity (Wildman–Crippen MR) is 75.4 cm³/mol. The van der Waals surface area contributed by atoms with E-state index in [1.54, 1.807) is 11.8 Å². The molecule has 2 unspecified atom stereocenters. The van der Waals surface area contributed by atoms with Crippen LogP contribution >= 0.6 is 0 Å². The fourth-order valence-corrected chi connectivity index (χ4v) is 3.33. The molecular formula is C14H24N2O5. The van der Waals surface area contributed by atoms with E-state index in [4.69, 9.17) is 4.74 Å². The number of rotatable bonds is 4. The quantitative estimate of drug-likeness (QED) is 0.627. The van der Waals surface area contributed by atoms with Crippen molar-refractivity contribution in [3.8, 4) is 0 Å². The standard InChI is InChI=1S/C14H24N2O5/c1-5-10(16(19)20)12(17)11-8-6-15(7-9(8)11)13(18)21-14(2,3)4/h8-12,17H,5-7H2,1-4H3/t8-,9+,10?,11+,12?. The molecule has 2 aliphatic rings. The van der Waals surface area contributed by atoms with Gasteiger partial charge in [-0.25, -0.2) is 4.79 Å². The van der Waals surface area contributed by atoms with Crippen molar-refractivity contribution in [1.29, 1.82) is 0 Å². The second-order valence-corrected chi connectivity index (χ2v) is 7.04. The van der Waals surface area contributed by atoms with E-state index in [9.17, 15) is 20.0 Å². The largest absolute Gasteiger partial charge is 0.444 e. The van der Waals surface area contributed by atoms with Gasteiger partial charge in [0, 0.05) is 30.4 Å². The van der Waals surface area contributed by atoms with E-state index in [1.807, 2.05) is 20.8 Å². The Labute approximate surface area is 124 Å². The molecule has 1 aliphatic carbocycles. The van der Waals surface area contributed by atoms with Gasteiger partial charge in [0.05, 0.1) is 0 Å². The van der Waals surface area contributed by atoms with Gasteiger partial charge in [-0.2, -0.15) is 0 Å². The van der Waals surface area contributed by atoms with E-state index in [0.717, 1.165) is 0 Å². The van der Waals surface area contributed by atoms with Gasteiger partial charge in [-0.3, -0.25) is 10.1 Å². The van der Waals surface area contributed by atoms with E-state index in [-0.39, 0.29) is 23.8 Å². The Morgan fingerprint density at radius 2 is 1.95 bits per heavy atom. The minimum absolute atomic E-state index is 0.0564. The van der Waals surface area contributed by atoms with E-state index < -0.39 is 22.7 Å². The molecule has 0 radical (unpaired) electrons. The molecule has 21 heavy (non-hydrogen) atoms. The van der Waals surface area contributed by atoms with Crippen molar-refractivity contribution in [3.63, 3.8) is 0 Å². The minimum atomic E-state index is -0.916. The summed E-state index contributed by atoms with van der Waals surface area (Å²) < 4.78 is 5.31. The molecule has 2 rings (SSSR count). The molecule has 1 saturated heterocycles. The zero-order chi connectivity index (χ0) is 15.9. The van der Waals surface area contributed by atoms with Gasteiger partial charge in [0.1, 0.15) is 11.7 Å². The Kier molecular flexibility index (Phi) is 4.15. The van der Waals surface area contributed by atoms with E-state index in [0.29, 0.717) is 19.5 Å². The molecule has 1 aliphatic heterocycles. The maximum Gasteiger partial charge on any atom is 0.410 e. The number of ether oxygens (including phenoxy) is 1. The summed E-state index contributed by atoms with van der Waals surface area (Å²) in [5, 5.41) is 21.1. The zero-order valence-electron chi connectivity index (χ0n) is 13.0. The Morgan fingerprint density at radius 1 is 1.43 bits per heavy atom. The topological polar surface area (TPSA) is 92.9 Å². The normalized spacial score (nSPS) is 30.5. The van der Waals surface area contributed by atoms with Crippen LogP contribution in [-0.2, 0) is 4.74 Å². The number of nitrogens with zero attached hydrogens (tertiary/aromatic N) is 2. The molecule has 1 saturated carbocycles. The van der Waals surface area contributed by atoms with Crippen LogP contribution in [0.5, 0.6) is 0 Å². The third-order valence-corrected chi connectivity index (χ3v) is 4.39. The van der Waals surface area contributed by atoms with E-state index in [1.165, 1.54) is 0 Å². The van der Waals surface area contributed by atoms with Crippen LogP contribution in [0.4, 0.5) is 4.79 Å². The average Bonchev–Trinajstić information content (AvgIpc) is 2.82. The highest BCUT2D eigenvalue weighted by Gasteiger charge is 2.62. The van der Waals surface area contributed by atoms with Gasteiger partial charge in [0.2, 0.25) is 6.04 Å². The van der Waals surface area contributed by atoms with Crippen molar-refractivity contribution in [3.05, 3.63) is 10.1 Å². The monoisotopic (exact) mass is 300 g/mol. The number of carbonyl (C=O) groups excluding carboxylic acids is 1. The van der Waals surface area contributed by atoms with Gasteiger partial charge < -0.3 is 14.7 Å². The lowest BCUT2D eigenvalue weighted by atomic mass is 10.0. The third kappa shape index (κ3) is 3.28. The van der Waals surface area contributed by atoms with Crippen molar-refractivity contribution < 1.29 is 19.6 Å². The molecule has 0 bridgehead atoms. The number of piperidine rings is 1. The lowest BCUT2D eigenvalue weighted by Gasteiger charge is -2.26. The van der Waals surface area contributed by atoms with Gasteiger partial charge >= 0.3 is 6.09 Å². The summed E-state index contributed by atoms with van der Waals surface area (Å²) in [4.78, 5) is 24.1. The Bertz CT molecular complexity index is 422. The summed E-state index contributed by atoms with van der Waals surface area (Å²) in [6, 6.07) is -0.907. The smallest absolute Gasteiger partial charge is 0.410 e. The van der Waals surface area contributed by atoms with Crippen LogP contribution in [0.1, 0.15) is 34.1 Å². The molecule has 0 spiro atoms. The summed E-state index contributed by atoms with van der Waals surface area (Å²) in [5.41, 5.74) is -0.526. The van der Waals surface area contributed by atoms with Gasteiger partial charge in [-0.15, -0.1) is 0 Å². The number of hydrogen-bond donors (Lipinski definition) is 1. The predicted octanol–water partition coefficient (Wildman–Crippen LogP) is 1.52. The molecule has 0 aromatic heterocycles. The first-order chi connectivity index (χ1) is 9.65. The van der Waals surface area contributed by atoms with E-state index in [2.05, 4.69) is 0 Å². The average molecular weight is 300 g/mol. The zero-order valence-corrected chi connectivity index (χ0v) is 13.0. The fourth-order valence-electron chi connectivity index (χ4n) is 3.33. The molecule has 0 aromatic rings. The number of nitro groups is 1. The van der Waals surface area contributed by atoms with Crippen LogP contribution in [0.15, 0.2) is 0 Å². The Hall–Kier alpha value is -1.37. The maximum atomic E-state index is 11.9. The van der Waals surface area contributed by atoms with E-state index >= 15 is 0 Å². The summed E-state index contributed by atoms with van der Waals surface area (Å²) >= 11 is 0. The highest BCUT2D eigenvalue weighted by molar-refractivity contribution is 5.69. The molecule has 0 aromatic carbocycles. The second kappa shape index (κ2) is 5.44. The molecular weight excluding hydrogens is 276 g/mol. The SMILES string of the molecule is CCC(C(O)[C@H]1[C@@H]2CN(C(=O)OC(C)(C)C)C[C@@H]21)[N+](=O)[O-]. The first-order valence-corrected chi connectivity index (χ1v) is 7.45. The van der Waals surface area contributed by atoms with Gasteiger partial charge in [0.15, 0.2) is 0 Å². The van der Waals surface area contributed by atoms with Crippen molar-refractivity contribution in [1.82, 2.24) is 4.90 Å². The lowest BCUT2D eigenvalue weighted by molar-refractivity contribution is -0.536. The van der Waals surface area contributed by atoms with Gasteiger partial charge in [0.25, 0.3) is 0 Å². The number of fused-ring (bicyclic) bond motifs is 1. The van der Waals surface area contributed by atoms with Crippen LogP contribution in [0.3, 0.4) is 0 Å². The summed E-state index contributed by atoms with van der Waals surface area (Å²) in [7, 11) is 0. The Balaban J connectivity index is 1.87. The highest BCUT2D eigenvalue weighted by atomic mass is 16.6. The van der Waals surface area contributed by atoms with Crippen molar-refractivity contribution in [2.24, 2.45) is 17.8 Å². The number of amides is 1. The lowest BCUT2D eigenvalue weighted by Crippen LogP contribution is -2.40. The van der Waals surface area contributed by atoms with Crippen molar-refractivity contribution >= 4 is 6.09 Å². The fraction of sp³-hybridized carbons (Fsp3) is 0.929. The molecule has 120 valence electrons.